The minimum atomic E-state index is 0.390. The fourth-order valence-electron chi connectivity index (χ4n) is 2.01. The van der Waals surface area contributed by atoms with Crippen LogP contribution in [0.3, 0.4) is 0 Å². The lowest BCUT2D eigenvalue weighted by atomic mass is 10.1. The fraction of sp³-hybridized carbons (Fsp3) is 0.385. The van der Waals surface area contributed by atoms with Gasteiger partial charge in [0.15, 0.2) is 0 Å². The molecular weight excluding hydrogens is 198 g/mol. The molecule has 0 aliphatic heterocycles. The monoisotopic (exact) mass is 213 g/mol. The zero-order chi connectivity index (χ0) is 11.5. The SMILES string of the molecule is Cc1cc(C)c(C#N)c(NC2CC=CC2)n1. The number of aromatic nitrogens is 1. The summed E-state index contributed by atoms with van der Waals surface area (Å²) < 4.78 is 0. The van der Waals surface area contributed by atoms with Crippen molar-refractivity contribution in [1.29, 1.82) is 5.26 Å². The molecule has 3 heteroatoms. The van der Waals surface area contributed by atoms with Gasteiger partial charge in [0.25, 0.3) is 0 Å². The summed E-state index contributed by atoms with van der Waals surface area (Å²) in [5.74, 6) is 0.730. The number of hydrogen-bond acceptors (Lipinski definition) is 3. The zero-order valence-electron chi connectivity index (χ0n) is 9.62. The number of rotatable bonds is 2. The highest BCUT2D eigenvalue weighted by atomic mass is 15.0. The molecule has 0 aromatic carbocycles. The predicted molar refractivity (Wildman–Crippen MR) is 64.2 cm³/mol. The quantitative estimate of drug-likeness (QED) is 0.768. The summed E-state index contributed by atoms with van der Waals surface area (Å²) in [6, 6.07) is 4.55. The van der Waals surface area contributed by atoms with Crippen molar-refractivity contribution in [2.24, 2.45) is 0 Å². The van der Waals surface area contributed by atoms with Crippen molar-refractivity contribution in [3.8, 4) is 6.07 Å². The van der Waals surface area contributed by atoms with E-state index in [0.717, 1.165) is 29.9 Å². The number of nitrogens with zero attached hydrogens (tertiary/aromatic N) is 2. The van der Waals surface area contributed by atoms with Crippen molar-refractivity contribution in [3.05, 3.63) is 35.0 Å². The maximum atomic E-state index is 9.12. The van der Waals surface area contributed by atoms with Crippen LogP contribution in [0.15, 0.2) is 18.2 Å². The second-order valence-corrected chi connectivity index (χ2v) is 4.20. The van der Waals surface area contributed by atoms with Crippen molar-refractivity contribution >= 4 is 5.82 Å². The highest BCUT2D eigenvalue weighted by molar-refractivity contribution is 5.57. The molecule has 1 aliphatic rings. The van der Waals surface area contributed by atoms with E-state index in [1.54, 1.807) is 0 Å². The Morgan fingerprint density at radius 3 is 2.69 bits per heavy atom. The highest BCUT2D eigenvalue weighted by Crippen LogP contribution is 2.21. The highest BCUT2D eigenvalue weighted by Gasteiger charge is 2.14. The van der Waals surface area contributed by atoms with Crippen LogP contribution in [0.1, 0.15) is 29.7 Å². The van der Waals surface area contributed by atoms with Gasteiger partial charge >= 0.3 is 0 Å². The van der Waals surface area contributed by atoms with Gasteiger partial charge in [-0.15, -0.1) is 0 Å². The van der Waals surface area contributed by atoms with E-state index in [2.05, 4.69) is 28.5 Å². The van der Waals surface area contributed by atoms with Crippen molar-refractivity contribution in [3.63, 3.8) is 0 Å². The van der Waals surface area contributed by atoms with Crippen LogP contribution in [0.5, 0.6) is 0 Å². The number of hydrogen-bond donors (Lipinski definition) is 1. The lowest BCUT2D eigenvalue weighted by Crippen LogP contribution is -2.17. The van der Waals surface area contributed by atoms with Gasteiger partial charge in [-0.1, -0.05) is 12.2 Å². The Morgan fingerprint density at radius 1 is 1.38 bits per heavy atom. The standard InChI is InChI=1S/C13H15N3/c1-9-7-10(2)15-13(12(9)8-14)16-11-5-3-4-6-11/h3-4,7,11H,5-6H2,1-2H3,(H,15,16). The average Bonchev–Trinajstić information content (AvgIpc) is 2.70. The van der Waals surface area contributed by atoms with Crippen LogP contribution in [-0.4, -0.2) is 11.0 Å². The zero-order valence-corrected chi connectivity index (χ0v) is 9.62. The molecule has 2 rings (SSSR count). The number of anilines is 1. The van der Waals surface area contributed by atoms with Crippen LogP contribution in [0.2, 0.25) is 0 Å². The molecule has 1 N–H and O–H groups in total. The Kier molecular flexibility index (Phi) is 2.91. The smallest absolute Gasteiger partial charge is 0.144 e. The molecule has 1 aromatic rings. The van der Waals surface area contributed by atoms with E-state index in [0.29, 0.717) is 11.6 Å². The molecule has 0 amide bonds. The second kappa shape index (κ2) is 4.36. The molecule has 3 nitrogen and oxygen atoms in total. The first-order valence-electron chi connectivity index (χ1n) is 5.50. The normalized spacial score (nSPS) is 15.1. The summed E-state index contributed by atoms with van der Waals surface area (Å²) in [6.45, 7) is 3.90. The Bertz CT molecular complexity index is 461. The molecule has 0 unspecified atom stereocenters. The van der Waals surface area contributed by atoms with E-state index in [4.69, 9.17) is 5.26 Å². The van der Waals surface area contributed by atoms with Gasteiger partial charge in [0.05, 0.1) is 5.56 Å². The second-order valence-electron chi connectivity index (χ2n) is 4.20. The van der Waals surface area contributed by atoms with Crippen LogP contribution in [0.4, 0.5) is 5.82 Å². The third kappa shape index (κ3) is 2.06. The van der Waals surface area contributed by atoms with E-state index in [-0.39, 0.29) is 0 Å². The molecular formula is C13H15N3. The summed E-state index contributed by atoms with van der Waals surface area (Å²) in [5, 5.41) is 12.5. The fourth-order valence-corrected chi connectivity index (χ4v) is 2.01. The first-order valence-corrected chi connectivity index (χ1v) is 5.50. The summed E-state index contributed by atoms with van der Waals surface area (Å²) in [4.78, 5) is 4.41. The van der Waals surface area contributed by atoms with Gasteiger partial charge < -0.3 is 5.32 Å². The van der Waals surface area contributed by atoms with Gasteiger partial charge in [-0.05, 0) is 38.3 Å². The summed E-state index contributed by atoms with van der Waals surface area (Å²) in [7, 11) is 0. The Hall–Kier alpha value is -1.82. The first-order chi connectivity index (χ1) is 7.70. The van der Waals surface area contributed by atoms with Gasteiger partial charge in [0.2, 0.25) is 0 Å². The molecule has 0 fully saturated rings. The molecule has 82 valence electrons. The minimum absolute atomic E-state index is 0.390. The van der Waals surface area contributed by atoms with Crippen molar-refractivity contribution in [1.82, 2.24) is 4.98 Å². The third-order valence-corrected chi connectivity index (χ3v) is 2.81. The molecule has 0 atom stereocenters. The van der Waals surface area contributed by atoms with E-state index < -0.39 is 0 Å². The Balaban J connectivity index is 2.28. The van der Waals surface area contributed by atoms with E-state index >= 15 is 0 Å². The lowest BCUT2D eigenvalue weighted by Gasteiger charge is -2.15. The van der Waals surface area contributed by atoms with Crippen molar-refractivity contribution in [2.45, 2.75) is 32.7 Å². The maximum absolute atomic E-state index is 9.12. The van der Waals surface area contributed by atoms with Gasteiger partial charge in [-0.2, -0.15) is 5.26 Å². The third-order valence-electron chi connectivity index (χ3n) is 2.81. The topological polar surface area (TPSA) is 48.7 Å². The average molecular weight is 213 g/mol. The van der Waals surface area contributed by atoms with Crippen LogP contribution < -0.4 is 5.32 Å². The Labute approximate surface area is 95.8 Å². The first kappa shape index (κ1) is 10.7. The number of nitriles is 1. The lowest BCUT2D eigenvalue weighted by molar-refractivity contribution is 0.779. The predicted octanol–water partition coefficient (Wildman–Crippen LogP) is 2.70. The van der Waals surface area contributed by atoms with Crippen LogP contribution in [0, 0.1) is 25.2 Å². The van der Waals surface area contributed by atoms with Crippen molar-refractivity contribution < 1.29 is 0 Å². The minimum Gasteiger partial charge on any atom is -0.366 e. The molecule has 1 heterocycles. The molecule has 1 aliphatic carbocycles. The summed E-state index contributed by atoms with van der Waals surface area (Å²) >= 11 is 0. The summed E-state index contributed by atoms with van der Waals surface area (Å²) in [5.41, 5.74) is 2.60. The van der Waals surface area contributed by atoms with Crippen molar-refractivity contribution in [2.75, 3.05) is 5.32 Å². The largest absolute Gasteiger partial charge is 0.366 e. The molecule has 0 spiro atoms. The van der Waals surface area contributed by atoms with E-state index in [9.17, 15) is 0 Å². The van der Waals surface area contributed by atoms with Gasteiger partial charge in [0, 0.05) is 11.7 Å². The number of pyridine rings is 1. The van der Waals surface area contributed by atoms with Crippen LogP contribution in [0.25, 0.3) is 0 Å². The molecule has 0 bridgehead atoms. The van der Waals surface area contributed by atoms with Gasteiger partial charge in [-0.25, -0.2) is 4.98 Å². The molecule has 16 heavy (non-hydrogen) atoms. The Morgan fingerprint density at radius 2 is 2.06 bits per heavy atom. The molecule has 0 radical (unpaired) electrons. The number of aryl methyl sites for hydroxylation is 2. The van der Waals surface area contributed by atoms with E-state index in [1.807, 2.05) is 19.9 Å². The maximum Gasteiger partial charge on any atom is 0.144 e. The molecule has 0 saturated heterocycles. The van der Waals surface area contributed by atoms with Crippen LogP contribution >= 0.6 is 0 Å². The number of nitrogens with one attached hydrogen (secondary N) is 1. The molecule has 1 aromatic heterocycles. The van der Waals surface area contributed by atoms with Crippen LogP contribution in [-0.2, 0) is 0 Å². The summed E-state index contributed by atoms with van der Waals surface area (Å²) in [6.07, 6.45) is 6.35. The molecule has 0 saturated carbocycles. The van der Waals surface area contributed by atoms with E-state index in [1.165, 1.54) is 0 Å². The van der Waals surface area contributed by atoms with Gasteiger partial charge in [0.1, 0.15) is 11.9 Å². The van der Waals surface area contributed by atoms with Gasteiger partial charge in [-0.3, -0.25) is 0 Å².